The summed E-state index contributed by atoms with van der Waals surface area (Å²) >= 11 is 0. The molecule has 0 spiro atoms. The number of nitrogens with zero attached hydrogens (tertiary/aromatic N) is 1. The Morgan fingerprint density at radius 3 is 2.95 bits per heavy atom. The molecule has 106 valence electrons. The van der Waals surface area contributed by atoms with Crippen molar-refractivity contribution in [3.63, 3.8) is 0 Å². The summed E-state index contributed by atoms with van der Waals surface area (Å²) in [6, 6.07) is 7.62. The summed E-state index contributed by atoms with van der Waals surface area (Å²) in [5.74, 6) is 0.0230. The molecule has 0 saturated heterocycles. The first kappa shape index (κ1) is 14.3. The number of anilines is 1. The fourth-order valence-corrected chi connectivity index (χ4v) is 3.53. The molecule has 19 heavy (non-hydrogen) atoms. The Labute approximate surface area is 114 Å². The molecule has 6 heteroatoms. The van der Waals surface area contributed by atoms with Crippen LogP contribution in [-0.2, 0) is 21.3 Å². The molecule has 5 nitrogen and oxygen atoms in total. The summed E-state index contributed by atoms with van der Waals surface area (Å²) in [6.07, 6.45) is 0. The van der Waals surface area contributed by atoms with E-state index in [9.17, 15) is 8.42 Å². The number of ether oxygens (including phenoxy) is 1. The van der Waals surface area contributed by atoms with Crippen LogP contribution in [0.3, 0.4) is 0 Å². The van der Waals surface area contributed by atoms with E-state index in [-0.39, 0.29) is 12.4 Å². The molecule has 1 N–H and O–H groups in total. The van der Waals surface area contributed by atoms with Gasteiger partial charge in [0.2, 0.25) is 10.0 Å². The minimum Gasteiger partial charge on any atom is -0.381 e. The van der Waals surface area contributed by atoms with E-state index in [0.29, 0.717) is 26.2 Å². The lowest BCUT2D eigenvalue weighted by molar-refractivity contribution is 0.163. The molecule has 0 bridgehead atoms. The number of para-hydroxylation sites is 1. The second kappa shape index (κ2) is 6.36. The van der Waals surface area contributed by atoms with Crippen LogP contribution in [0.25, 0.3) is 0 Å². The summed E-state index contributed by atoms with van der Waals surface area (Å²) in [4.78, 5) is 0. The second-order valence-electron chi connectivity index (χ2n) is 4.39. The summed E-state index contributed by atoms with van der Waals surface area (Å²) in [5.41, 5.74) is 1.80. The van der Waals surface area contributed by atoms with Crippen LogP contribution in [0.15, 0.2) is 24.3 Å². The van der Waals surface area contributed by atoms with E-state index in [4.69, 9.17) is 4.74 Å². The van der Waals surface area contributed by atoms with Gasteiger partial charge in [-0.3, -0.25) is 4.31 Å². The molecular weight excluding hydrogens is 264 g/mol. The summed E-state index contributed by atoms with van der Waals surface area (Å²) < 4.78 is 31.4. The summed E-state index contributed by atoms with van der Waals surface area (Å²) in [5, 5.41) is 3.24. The van der Waals surface area contributed by atoms with E-state index in [1.54, 1.807) is 0 Å². The van der Waals surface area contributed by atoms with E-state index >= 15 is 0 Å². The number of rotatable bonds is 5. The standard InChI is InChI=1S/C13H20N2O3S/c1-2-18-9-10-19(16,17)15-8-7-14-11-12-5-3-4-6-13(12)15/h3-6,14H,2,7-11H2,1H3. The smallest absolute Gasteiger partial charge is 0.237 e. The van der Waals surface area contributed by atoms with Gasteiger partial charge in [0.15, 0.2) is 0 Å². The number of nitrogens with one attached hydrogen (secondary N) is 1. The van der Waals surface area contributed by atoms with E-state index in [0.717, 1.165) is 11.3 Å². The van der Waals surface area contributed by atoms with Gasteiger partial charge in [-0.25, -0.2) is 8.42 Å². The molecular formula is C13H20N2O3S. The van der Waals surface area contributed by atoms with Crippen molar-refractivity contribution in [1.29, 1.82) is 0 Å². The van der Waals surface area contributed by atoms with Gasteiger partial charge in [-0.05, 0) is 18.6 Å². The zero-order valence-corrected chi connectivity index (χ0v) is 11.9. The molecule has 1 aromatic carbocycles. The van der Waals surface area contributed by atoms with Gasteiger partial charge in [-0.15, -0.1) is 0 Å². The minimum absolute atomic E-state index is 0.0230. The third-order valence-electron chi connectivity index (χ3n) is 3.09. The molecule has 0 unspecified atom stereocenters. The van der Waals surface area contributed by atoms with Crippen LogP contribution in [0.2, 0.25) is 0 Å². The van der Waals surface area contributed by atoms with Gasteiger partial charge >= 0.3 is 0 Å². The average molecular weight is 284 g/mol. The first-order chi connectivity index (χ1) is 9.15. The normalized spacial score (nSPS) is 15.9. The van der Waals surface area contributed by atoms with Gasteiger partial charge in [-0.2, -0.15) is 0 Å². The van der Waals surface area contributed by atoms with Gasteiger partial charge in [-0.1, -0.05) is 18.2 Å². The van der Waals surface area contributed by atoms with Crippen molar-refractivity contribution in [2.24, 2.45) is 0 Å². The van der Waals surface area contributed by atoms with Gasteiger partial charge in [0.25, 0.3) is 0 Å². The van der Waals surface area contributed by atoms with Crippen LogP contribution in [0.1, 0.15) is 12.5 Å². The van der Waals surface area contributed by atoms with Crippen molar-refractivity contribution >= 4 is 15.7 Å². The van der Waals surface area contributed by atoms with Crippen LogP contribution < -0.4 is 9.62 Å². The number of hydrogen-bond acceptors (Lipinski definition) is 4. The summed E-state index contributed by atoms with van der Waals surface area (Å²) in [7, 11) is -3.32. The van der Waals surface area contributed by atoms with Gasteiger partial charge in [0.05, 0.1) is 18.0 Å². The van der Waals surface area contributed by atoms with Gasteiger partial charge in [0.1, 0.15) is 0 Å². The molecule has 0 aromatic heterocycles. The summed E-state index contributed by atoms with van der Waals surface area (Å²) in [6.45, 7) is 4.46. The van der Waals surface area contributed by atoms with Crippen molar-refractivity contribution in [2.75, 3.05) is 36.4 Å². The topological polar surface area (TPSA) is 58.6 Å². The number of benzene rings is 1. The van der Waals surface area contributed by atoms with Gasteiger partial charge < -0.3 is 10.1 Å². The van der Waals surface area contributed by atoms with E-state index in [1.807, 2.05) is 31.2 Å². The monoisotopic (exact) mass is 284 g/mol. The predicted molar refractivity (Wildman–Crippen MR) is 75.8 cm³/mol. The second-order valence-corrected chi connectivity index (χ2v) is 6.40. The zero-order chi connectivity index (χ0) is 13.7. The largest absolute Gasteiger partial charge is 0.381 e. The Balaban J connectivity index is 2.23. The van der Waals surface area contributed by atoms with Gasteiger partial charge in [0, 0.05) is 26.2 Å². The highest BCUT2D eigenvalue weighted by Gasteiger charge is 2.25. The lowest BCUT2D eigenvalue weighted by atomic mass is 10.2. The molecule has 0 amide bonds. The Morgan fingerprint density at radius 1 is 1.37 bits per heavy atom. The minimum atomic E-state index is -3.32. The molecule has 0 atom stereocenters. The van der Waals surface area contributed by atoms with Crippen molar-refractivity contribution < 1.29 is 13.2 Å². The maximum Gasteiger partial charge on any atom is 0.237 e. The highest BCUT2D eigenvalue weighted by atomic mass is 32.2. The van der Waals surface area contributed by atoms with E-state index in [2.05, 4.69) is 5.32 Å². The number of hydrogen-bond donors (Lipinski definition) is 1. The van der Waals surface area contributed by atoms with E-state index in [1.165, 1.54) is 4.31 Å². The fourth-order valence-electron chi connectivity index (χ4n) is 2.14. The molecule has 0 fully saturated rings. The number of sulfonamides is 1. The van der Waals surface area contributed by atoms with Crippen LogP contribution in [0, 0.1) is 0 Å². The maximum absolute atomic E-state index is 12.4. The van der Waals surface area contributed by atoms with E-state index < -0.39 is 10.0 Å². The maximum atomic E-state index is 12.4. The Kier molecular flexibility index (Phi) is 4.79. The molecule has 0 saturated carbocycles. The van der Waals surface area contributed by atoms with Crippen molar-refractivity contribution in [2.45, 2.75) is 13.5 Å². The quantitative estimate of drug-likeness (QED) is 0.818. The van der Waals surface area contributed by atoms with Crippen LogP contribution in [0.4, 0.5) is 5.69 Å². The van der Waals surface area contributed by atoms with Crippen LogP contribution >= 0.6 is 0 Å². The SMILES string of the molecule is CCOCCS(=O)(=O)N1CCNCc2ccccc21. The first-order valence-corrected chi connectivity index (χ1v) is 8.13. The van der Waals surface area contributed by atoms with Crippen LogP contribution in [0.5, 0.6) is 0 Å². The Bertz CT molecular complexity index is 516. The lowest BCUT2D eigenvalue weighted by Crippen LogP contribution is -2.37. The molecule has 0 aliphatic carbocycles. The molecule has 0 radical (unpaired) electrons. The highest BCUT2D eigenvalue weighted by molar-refractivity contribution is 7.92. The van der Waals surface area contributed by atoms with Crippen molar-refractivity contribution in [1.82, 2.24) is 5.32 Å². The molecule has 2 rings (SSSR count). The Hall–Kier alpha value is -1.11. The molecule has 1 aliphatic heterocycles. The van der Waals surface area contributed by atoms with Crippen LogP contribution in [-0.4, -0.2) is 40.5 Å². The average Bonchev–Trinajstić information content (AvgIpc) is 2.61. The van der Waals surface area contributed by atoms with Crippen molar-refractivity contribution in [3.05, 3.63) is 29.8 Å². The zero-order valence-electron chi connectivity index (χ0n) is 11.1. The fraction of sp³-hybridized carbons (Fsp3) is 0.538. The Morgan fingerprint density at radius 2 is 2.16 bits per heavy atom. The molecule has 1 heterocycles. The molecule has 1 aliphatic rings. The third kappa shape index (κ3) is 3.46. The molecule has 1 aromatic rings. The highest BCUT2D eigenvalue weighted by Crippen LogP contribution is 2.24. The third-order valence-corrected chi connectivity index (χ3v) is 4.83. The lowest BCUT2D eigenvalue weighted by Gasteiger charge is -2.24. The number of fused-ring (bicyclic) bond motifs is 1. The predicted octanol–water partition coefficient (Wildman–Crippen LogP) is 0.963. The van der Waals surface area contributed by atoms with Crippen molar-refractivity contribution in [3.8, 4) is 0 Å². The first-order valence-electron chi connectivity index (χ1n) is 6.52.